The van der Waals surface area contributed by atoms with E-state index in [9.17, 15) is 4.79 Å². The Morgan fingerprint density at radius 3 is 2.46 bits per heavy atom. The molecular weight excluding hydrogens is 172 g/mol. The van der Waals surface area contributed by atoms with Gasteiger partial charge < -0.3 is 22.3 Å². The minimum atomic E-state index is -1.00. The van der Waals surface area contributed by atoms with Crippen LogP contribution >= 0.6 is 0 Å². The number of nitrogens with zero attached hydrogens (tertiary/aromatic N) is 1. The average Bonchev–Trinajstić information content (AvgIpc) is 2.00. The van der Waals surface area contributed by atoms with Crippen LogP contribution in [0.4, 0.5) is 0 Å². The van der Waals surface area contributed by atoms with Gasteiger partial charge in [0.1, 0.15) is 6.04 Å². The van der Waals surface area contributed by atoms with E-state index in [4.69, 9.17) is 22.3 Å². The van der Waals surface area contributed by atoms with Gasteiger partial charge in [0.25, 0.3) is 0 Å². The predicted molar refractivity (Wildman–Crippen MR) is 50.1 cm³/mol. The molecule has 0 fully saturated rings. The van der Waals surface area contributed by atoms with Crippen molar-refractivity contribution in [1.82, 2.24) is 0 Å². The van der Waals surface area contributed by atoms with Crippen molar-refractivity contribution in [3.63, 3.8) is 0 Å². The maximum absolute atomic E-state index is 10.4. The largest absolute Gasteiger partial charge is 0.480 e. The first-order chi connectivity index (χ1) is 5.93. The van der Waals surface area contributed by atoms with Crippen LogP contribution < -0.4 is 17.2 Å². The summed E-state index contributed by atoms with van der Waals surface area (Å²) in [5, 5.41) is 8.50. The lowest BCUT2D eigenvalue weighted by Crippen LogP contribution is -2.32. The maximum atomic E-state index is 10.4. The van der Waals surface area contributed by atoms with Crippen LogP contribution in [0.1, 0.15) is 13.3 Å². The molecule has 0 aliphatic rings. The Kier molecular flexibility index (Phi) is 4.83. The van der Waals surface area contributed by atoms with Crippen molar-refractivity contribution < 1.29 is 9.90 Å². The number of aliphatic carboxylic acids is 1. The fourth-order valence-corrected chi connectivity index (χ4v) is 0.870. The number of hydrogen-bond donors (Lipinski definition) is 4. The van der Waals surface area contributed by atoms with Crippen molar-refractivity contribution in [3.8, 4) is 0 Å². The third kappa shape index (κ3) is 5.92. The summed E-state index contributed by atoms with van der Waals surface area (Å²) in [7, 11) is 0. The Morgan fingerprint density at radius 1 is 1.54 bits per heavy atom. The van der Waals surface area contributed by atoms with Crippen LogP contribution in [-0.2, 0) is 4.79 Å². The van der Waals surface area contributed by atoms with E-state index in [1.165, 1.54) is 0 Å². The van der Waals surface area contributed by atoms with Gasteiger partial charge in [-0.05, 0) is 12.3 Å². The summed E-state index contributed by atoms with van der Waals surface area (Å²) in [5.74, 6) is -0.930. The summed E-state index contributed by atoms with van der Waals surface area (Å²) in [5.41, 5.74) is 15.5. The number of carboxylic acid groups (broad SMARTS) is 1. The summed E-state index contributed by atoms with van der Waals surface area (Å²) in [6, 6.07) is -0.843. The molecule has 6 heteroatoms. The fourth-order valence-electron chi connectivity index (χ4n) is 0.870. The van der Waals surface area contributed by atoms with Crippen molar-refractivity contribution >= 4 is 11.9 Å². The summed E-state index contributed by atoms with van der Waals surface area (Å²) in [6.45, 7) is 2.25. The van der Waals surface area contributed by atoms with Gasteiger partial charge in [0.05, 0.1) is 0 Å². The van der Waals surface area contributed by atoms with E-state index < -0.39 is 12.0 Å². The van der Waals surface area contributed by atoms with Crippen LogP contribution in [0.25, 0.3) is 0 Å². The van der Waals surface area contributed by atoms with Gasteiger partial charge in [-0.1, -0.05) is 6.92 Å². The Bertz CT molecular complexity index is 201. The molecule has 0 amide bonds. The second-order valence-electron chi connectivity index (χ2n) is 3.05. The number of carboxylic acids is 1. The van der Waals surface area contributed by atoms with Crippen LogP contribution in [0.15, 0.2) is 4.99 Å². The van der Waals surface area contributed by atoms with Crippen LogP contribution in [0.3, 0.4) is 0 Å². The molecule has 2 unspecified atom stereocenters. The number of nitrogens with two attached hydrogens (primary N) is 3. The molecule has 0 aromatic carbocycles. The Morgan fingerprint density at radius 2 is 2.08 bits per heavy atom. The SMILES string of the molecule is CC(CN=C(N)N)CC(N)C(=O)O. The molecule has 0 saturated carbocycles. The van der Waals surface area contributed by atoms with E-state index >= 15 is 0 Å². The molecule has 0 radical (unpaired) electrons. The second kappa shape index (κ2) is 5.36. The monoisotopic (exact) mass is 188 g/mol. The molecule has 7 N–H and O–H groups in total. The summed E-state index contributed by atoms with van der Waals surface area (Å²) < 4.78 is 0. The van der Waals surface area contributed by atoms with Crippen LogP contribution in [-0.4, -0.2) is 29.6 Å². The Hall–Kier alpha value is -1.30. The van der Waals surface area contributed by atoms with E-state index in [0.29, 0.717) is 13.0 Å². The topological polar surface area (TPSA) is 128 Å². The summed E-state index contributed by atoms with van der Waals surface area (Å²) >= 11 is 0. The van der Waals surface area contributed by atoms with Crippen LogP contribution in [0.5, 0.6) is 0 Å². The van der Waals surface area contributed by atoms with Gasteiger partial charge in [0.2, 0.25) is 0 Å². The zero-order chi connectivity index (χ0) is 10.4. The normalized spacial score (nSPS) is 14.6. The molecule has 0 aliphatic carbocycles. The van der Waals surface area contributed by atoms with E-state index in [0.717, 1.165) is 0 Å². The van der Waals surface area contributed by atoms with Gasteiger partial charge in [0, 0.05) is 6.54 Å². The zero-order valence-electron chi connectivity index (χ0n) is 7.60. The Labute approximate surface area is 76.8 Å². The highest BCUT2D eigenvalue weighted by atomic mass is 16.4. The smallest absolute Gasteiger partial charge is 0.320 e. The van der Waals surface area contributed by atoms with E-state index in [2.05, 4.69) is 4.99 Å². The maximum Gasteiger partial charge on any atom is 0.320 e. The molecular formula is C7H16N4O2. The molecule has 0 saturated heterocycles. The highest BCUT2D eigenvalue weighted by molar-refractivity contribution is 5.75. The molecule has 0 heterocycles. The molecule has 2 atom stereocenters. The van der Waals surface area contributed by atoms with E-state index in [1.807, 2.05) is 6.92 Å². The molecule has 0 spiro atoms. The molecule has 6 nitrogen and oxygen atoms in total. The quantitative estimate of drug-likeness (QED) is 0.315. The zero-order valence-corrected chi connectivity index (χ0v) is 7.60. The van der Waals surface area contributed by atoms with Gasteiger partial charge in [0.15, 0.2) is 5.96 Å². The van der Waals surface area contributed by atoms with Crippen molar-refractivity contribution in [2.24, 2.45) is 28.1 Å². The number of carbonyl (C=O) groups is 1. The third-order valence-corrected chi connectivity index (χ3v) is 1.56. The Balaban J connectivity index is 3.80. The number of aliphatic imine (C=N–C) groups is 1. The summed E-state index contributed by atoms with van der Waals surface area (Å²) in [4.78, 5) is 14.1. The number of rotatable bonds is 5. The first-order valence-electron chi connectivity index (χ1n) is 3.97. The number of hydrogen-bond acceptors (Lipinski definition) is 3. The minimum absolute atomic E-state index is 0.00995. The van der Waals surface area contributed by atoms with Crippen molar-refractivity contribution in [2.45, 2.75) is 19.4 Å². The van der Waals surface area contributed by atoms with Gasteiger partial charge >= 0.3 is 5.97 Å². The molecule has 0 aromatic heterocycles. The van der Waals surface area contributed by atoms with Crippen molar-refractivity contribution in [3.05, 3.63) is 0 Å². The standard InChI is InChI=1S/C7H16N4O2/c1-4(3-11-7(9)10)2-5(8)6(12)13/h4-5H,2-3,8H2,1H3,(H,12,13)(H4,9,10,11). The average molecular weight is 188 g/mol. The first kappa shape index (κ1) is 11.7. The molecule has 0 aromatic rings. The third-order valence-electron chi connectivity index (χ3n) is 1.56. The van der Waals surface area contributed by atoms with E-state index in [1.54, 1.807) is 0 Å². The predicted octanol–water partition coefficient (Wildman–Crippen LogP) is -1.30. The lowest BCUT2D eigenvalue weighted by Gasteiger charge is -2.11. The first-order valence-corrected chi connectivity index (χ1v) is 3.97. The molecule has 0 bridgehead atoms. The van der Waals surface area contributed by atoms with E-state index in [-0.39, 0.29) is 11.9 Å². The van der Waals surface area contributed by atoms with Gasteiger partial charge in [-0.25, -0.2) is 0 Å². The lowest BCUT2D eigenvalue weighted by molar-refractivity contribution is -0.138. The highest BCUT2D eigenvalue weighted by Gasteiger charge is 2.14. The van der Waals surface area contributed by atoms with Crippen LogP contribution in [0.2, 0.25) is 0 Å². The van der Waals surface area contributed by atoms with Crippen molar-refractivity contribution in [2.75, 3.05) is 6.54 Å². The second-order valence-corrected chi connectivity index (χ2v) is 3.05. The van der Waals surface area contributed by atoms with Gasteiger partial charge in [-0.3, -0.25) is 9.79 Å². The summed E-state index contributed by atoms with van der Waals surface area (Å²) in [6.07, 6.45) is 0.367. The molecule has 0 rings (SSSR count). The number of guanidine groups is 1. The highest BCUT2D eigenvalue weighted by Crippen LogP contribution is 2.04. The molecule has 0 aliphatic heterocycles. The van der Waals surface area contributed by atoms with Gasteiger partial charge in [-0.2, -0.15) is 0 Å². The lowest BCUT2D eigenvalue weighted by atomic mass is 10.0. The van der Waals surface area contributed by atoms with Crippen LogP contribution in [0, 0.1) is 5.92 Å². The molecule has 76 valence electrons. The molecule has 13 heavy (non-hydrogen) atoms. The minimum Gasteiger partial charge on any atom is -0.480 e. The van der Waals surface area contributed by atoms with Gasteiger partial charge in [-0.15, -0.1) is 0 Å². The van der Waals surface area contributed by atoms with Crippen molar-refractivity contribution in [1.29, 1.82) is 0 Å². The fraction of sp³-hybridized carbons (Fsp3) is 0.714.